The van der Waals surface area contributed by atoms with Crippen LogP contribution in [0.25, 0.3) is 10.9 Å². The molecule has 2 rings (SSSR count). The molecule has 1 aromatic carbocycles. The standard InChI is InChI=1S/C15H22N2S/c1-4-17-9-13(10-18-11(2)3)15-12(8-16)6-5-7-14(15)17/h5-7,9,11H,4,8,10,16H2,1-3H3. The lowest BCUT2D eigenvalue weighted by molar-refractivity contribution is 0.795. The Morgan fingerprint density at radius 1 is 1.28 bits per heavy atom. The van der Waals surface area contributed by atoms with E-state index in [9.17, 15) is 0 Å². The summed E-state index contributed by atoms with van der Waals surface area (Å²) < 4.78 is 2.32. The Labute approximate surface area is 114 Å². The minimum Gasteiger partial charge on any atom is -0.347 e. The van der Waals surface area contributed by atoms with E-state index in [0.29, 0.717) is 11.8 Å². The van der Waals surface area contributed by atoms with Gasteiger partial charge in [-0.25, -0.2) is 0 Å². The van der Waals surface area contributed by atoms with Gasteiger partial charge in [-0.2, -0.15) is 11.8 Å². The van der Waals surface area contributed by atoms with Gasteiger partial charge >= 0.3 is 0 Å². The molecular formula is C15H22N2S. The fraction of sp³-hybridized carbons (Fsp3) is 0.467. The Kier molecular flexibility index (Phi) is 4.36. The van der Waals surface area contributed by atoms with Gasteiger partial charge in [-0.15, -0.1) is 0 Å². The van der Waals surface area contributed by atoms with E-state index in [-0.39, 0.29) is 0 Å². The minimum atomic E-state index is 0.615. The first-order valence-electron chi connectivity index (χ1n) is 6.58. The Morgan fingerprint density at radius 3 is 2.67 bits per heavy atom. The van der Waals surface area contributed by atoms with Gasteiger partial charge in [-0.05, 0) is 29.4 Å². The van der Waals surface area contributed by atoms with Crippen LogP contribution in [0.1, 0.15) is 31.9 Å². The molecule has 0 atom stereocenters. The number of nitrogens with two attached hydrogens (primary N) is 1. The molecule has 1 aromatic heterocycles. The van der Waals surface area contributed by atoms with Crippen molar-refractivity contribution in [1.82, 2.24) is 4.57 Å². The van der Waals surface area contributed by atoms with Crippen LogP contribution in [0.5, 0.6) is 0 Å². The maximum Gasteiger partial charge on any atom is 0.0486 e. The molecule has 0 aliphatic rings. The molecule has 0 saturated carbocycles. The number of benzene rings is 1. The van der Waals surface area contributed by atoms with E-state index in [1.54, 1.807) is 0 Å². The Morgan fingerprint density at radius 2 is 2.06 bits per heavy atom. The number of rotatable bonds is 5. The summed E-state index contributed by atoms with van der Waals surface area (Å²) in [5, 5.41) is 2.03. The van der Waals surface area contributed by atoms with E-state index < -0.39 is 0 Å². The second kappa shape index (κ2) is 5.81. The van der Waals surface area contributed by atoms with Gasteiger partial charge in [-0.1, -0.05) is 26.0 Å². The fourth-order valence-corrected chi connectivity index (χ4v) is 3.05. The molecule has 1 heterocycles. The zero-order valence-corrected chi connectivity index (χ0v) is 12.3. The summed E-state index contributed by atoms with van der Waals surface area (Å²) >= 11 is 1.99. The third-order valence-electron chi connectivity index (χ3n) is 3.20. The van der Waals surface area contributed by atoms with E-state index >= 15 is 0 Å². The second-order valence-electron chi connectivity index (χ2n) is 4.82. The fourth-order valence-electron chi connectivity index (χ4n) is 2.32. The molecule has 0 bridgehead atoms. The van der Waals surface area contributed by atoms with Crippen LogP contribution in [-0.4, -0.2) is 9.82 Å². The maximum absolute atomic E-state index is 5.88. The average Bonchev–Trinajstić information content (AvgIpc) is 2.74. The molecule has 0 fully saturated rings. The molecule has 2 aromatic rings. The lowest BCUT2D eigenvalue weighted by Crippen LogP contribution is -1.98. The summed E-state index contributed by atoms with van der Waals surface area (Å²) in [7, 11) is 0. The highest BCUT2D eigenvalue weighted by Gasteiger charge is 2.11. The smallest absolute Gasteiger partial charge is 0.0486 e. The van der Waals surface area contributed by atoms with Crippen molar-refractivity contribution in [3.63, 3.8) is 0 Å². The third kappa shape index (κ3) is 2.57. The molecule has 2 nitrogen and oxygen atoms in total. The van der Waals surface area contributed by atoms with Crippen LogP contribution in [-0.2, 0) is 18.8 Å². The number of hydrogen-bond donors (Lipinski definition) is 1. The predicted octanol–water partition coefficient (Wildman–Crippen LogP) is 3.76. The van der Waals surface area contributed by atoms with Crippen molar-refractivity contribution in [2.24, 2.45) is 5.73 Å². The van der Waals surface area contributed by atoms with Crippen LogP contribution in [0.3, 0.4) is 0 Å². The largest absolute Gasteiger partial charge is 0.347 e. The van der Waals surface area contributed by atoms with E-state index in [1.165, 1.54) is 22.0 Å². The van der Waals surface area contributed by atoms with Crippen molar-refractivity contribution < 1.29 is 0 Å². The molecule has 0 radical (unpaired) electrons. The summed E-state index contributed by atoms with van der Waals surface area (Å²) in [5.74, 6) is 1.07. The monoisotopic (exact) mass is 262 g/mol. The molecule has 3 heteroatoms. The topological polar surface area (TPSA) is 30.9 Å². The van der Waals surface area contributed by atoms with E-state index in [1.807, 2.05) is 11.8 Å². The van der Waals surface area contributed by atoms with Gasteiger partial charge < -0.3 is 10.3 Å². The van der Waals surface area contributed by atoms with Crippen molar-refractivity contribution >= 4 is 22.7 Å². The maximum atomic E-state index is 5.88. The van der Waals surface area contributed by atoms with Gasteiger partial charge in [0.05, 0.1) is 0 Å². The molecule has 98 valence electrons. The van der Waals surface area contributed by atoms with Crippen molar-refractivity contribution in [2.75, 3.05) is 0 Å². The zero-order valence-electron chi connectivity index (χ0n) is 11.4. The van der Waals surface area contributed by atoms with Gasteiger partial charge in [0.2, 0.25) is 0 Å². The summed E-state index contributed by atoms with van der Waals surface area (Å²) in [4.78, 5) is 0. The van der Waals surface area contributed by atoms with Gasteiger partial charge in [-0.3, -0.25) is 0 Å². The Balaban J connectivity index is 2.50. The zero-order chi connectivity index (χ0) is 13.1. The van der Waals surface area contributed by atoms with Crippen LogP contribution < -0.4 is 5.73 Å². The number of fused-ring (bicyclic) bond motifs is 1. The highest BCUT2D eigenvalue weighted by molar-refractivity contribution is 7.99. The Bertz CT molecular complexity index is 529. The quantitative estimate of drug-likeness (QED) is 0.889. The first-order chi connectivity index (χ1) is 8.67. The van der Waals surface area contributed by atoms with Crippen molar-refractivity contribution in [3.05, 3.63) is 35.5 Å². The van der Waals surface area contributed by atoms with Crippen LogP contribution in [0, 0.1) is 0 Å². The van der Waals surface area contributed by atoms with Gasteiger partial charge in [0.15, 0.2) is 0 Å². The second-order valence-corrected chi connectivity index (χ2v) is 6.38. The van der Waals surface area contributed by atoms with Crippen LogP contribution in [0.4, 0.5) is 0 Å². The van der Waals surface area contributed by atoms with Crippen molar-refractivity contribution in [3.8, 4) is 0 Å². The number of hydrogen-bond acceptors (Lipinski definition) is 2. The molecule has 0 aliphatic carbocycles. The lowest BCUT2D eigenvalue weighted by Gasteiger charge is -2.06. The Hall–Kier alpha value is -0.930. The first kappa shape index (κ1) is 13.5. The molecule has 2 N–H and O–H groups in total. The predicted molar refractivity (Wildman–Crippen MR) is 81.9 cm³/mol. The lowest BCUT2D eigenvalue weighted by atomic mass is 10.1. The van der Waals surface area contributed by atoms with Crippen molar-refractivity contribution in [2.45, 2.75) is 44.9 Å². The SMILES string of the molecule is CCn1cc(CSC(C)C)c2c(CN)cccc21. The summed E-state index contributed by atoms with van der Waals surface area (Å²) in [6.45, 7) is 8.30. The molecular weight excluding hydrogens is 240 g/mol. The van der Waals surface area contributed by atoms with Gasteiger partial charge in [0.1, 0.15) is 0 Å². The van der Waals surface area contributed by atoms with E-state index in [4.69, 9.17) is 5.73 Å². The number of aromatic nitrogens is 1. The number of thioether (sulfide) groups is 1. The molecule has 0 spiro atoms. The first-order valence-corrected chi connectivity index (χ1v) is 7.63. The van der Waals surface area contributed by atoms with E-state index in [0.717, 1.165) is 12.3 Å². The molecule has 0 saturated heterocycles. The van der Waals surface area contributed by atoms with Crippen LogP contribution in [0.2, 0.25) is 0 Å². The third-order valence-corrected chi connectivity index (χ3v) is 4.35. The minimum absolute atomic E-state index is 0.615. The molecule has 0 aliphatic heterocycles. The number of aryl methyl sites for hydroxylation is 1. The average molecular weight is 262 g/mol. The summed E-state index contributed by atoms with van der Waals surface area (Å²) in [5.41, 5.74) is 9.88. The van der Waals surface area contributed by atoms with Crippen molar-refractivity contribution in [1.29, 1.82) is 0 Å². The summed E-state index contributed by atoms with van der Waals surface area (Å²) in [6, 6.07) is 6.45. The van der Waals surface area contributed by atoms with Gasteiger partial charge in [0, 0.05) is 35.9 Å². The molecule has 0 unspecified atom stereocenters. The normalized spacial score (nSPS) is 11.6. The van der Waals surface area contributed by atoms with Crippen LogP contribution >= 0.6 is 11.8 Å². The molecule has 0 amide bonds. The van der Waals surface area contributed by atoms with Gasteiger partial charge in [0.25, 0.3) is 0 Å². The summed E-state index contributed by atoms with van der Waals surface area (Å²) in [6.07, 6.45) is 2.29. The highest BCUT2D eigenvalue weighted by atomic mass is 32.2. The van der Waals surface area contributed by atoms with E-state index in [2.05, 4.69) is 49.7 Å². The molecule has 18 heavy (non-hydrogen) atoms. The number of nitrogens with zero attached hydrogens (tertiary/aromatic N) is 1. The highest BCUT2D eigenvalue weighted by Crippen LogP contribution is 2.29. The van der Waals surface area contributed by atoms with Crippen LogP contribution in [0.15, 0.2) is 24.4 Å².